The standard InChI is InChI=1S/C18H20ClN5OS/c1-3-14-7-8-15(26-14)10-21-18(20-2)22-11-16-23-17(24-25-16)12-5-4-6-13(19)9-12/h4-9H,3,10-11H2,1-2H3,(H2,20,21,22). The average molecular weight is 390 g/mol. The first-order chi connectivity index (χ1) is 12.7. The summed E-state index contributed by atoms with van der Waals surface area (Å²) in [7, 11) is 1.73. The monoisotopic (exact) mass is 389 g/mol. The molecule has 3 rings (SSSR count). The number of benzene rings is 1. The van der Waals surface area contributed by atoms with Gasteiger partial charge in [0, 0.05) is 27.4 Å². The Bertz CT molecular complexity index is 889. The Balaban J connectivity index is 1.54. The topological polar surface area (TPSA) is 75.3 Å². The zero-order valence-corrected chi connectivity index (χ0v) is 16.2. The molecule has 3 aromatic rings. The second kappa shape index (κ2) is 8.82. The van der Waals surface area contributed by atoms with E-state index in [1.54, 1.807) is 30.5 Å². The number of hydrogen-bond acceptors (Lipinski definition) is 5. The number of nitrogens with zero attached hydrogens (tertiary/aromatic N) is 3. The normalized spacial score (nSPS) is 11.6. The maximum Gasteiger partial charge on any atom is 0.246 e. The minimum absolute atomic E-state index is 0.387. The molecule has 136 valence electrons. The van der Waals surface area contributed by atoms with Gasteiger partial charge in [0.2, 0.25) is 11.7 Å². The van der Waals surface area contributed by atoms with E-state index in [0.717, 1.165) is 18.5 Å². The summed E-state index contributed by atoms with van der Waals surface area (Å²) in [6.07, 6.45) is 1.06. The lowest BCUT2D eigenvalue weighted by Gasteiger charge is -2.09. The molecule has 2 N–H and O–H groups in total. The van der Waals surface area contributed by atoms with Gasteiger partial charge in [0.05, 0.1) is 13.1 Å². The summed E-state index contributed by atoms with van der Waals surface area (Å²) < 4.78 is 5.29. The second-order valence-corrected chi connectivity index (χ2v) is 7.21. The smallest absolute Gasteiger partial charge is 0.246 e. The molecule has 0 spiro atoms. The summed E-state index contributed by atoms with van der Waals surface area (Å²) in [6.45, 7) is 3.27. The number of nitrogens with one attached hydrogen (secondary N) is 2. The predicted octanol–water partition coefficient (Wildman–Crippen LogP) is 3.88. The fraction of sp³-hybridized carbons (Fsp3) is 0.278. The molecule has 2 heterocycles. The maximum atomic E-state index is 6.00. The van der Waals surface area contributed by atoms with Crippen LogP contribution in [0, 0.1) is 0 Å². The van der Waals surface area contributed by atoms with Crippen LogP contribution in [0.3, 0.4) is 0 Å². The minimum Gasteiger partial charge on any atom is -0.352 e. The zero-order valence-electron chi connectivity index (χ0n) is 14.6. The molecule has 0 saturated heterocycles. The molecule has 8 heteroatoms. The highest BCUT2D eigenvalue weighted by Gasteiger charge is 2.10. The Morgan fingerprint density at radius 1 is 1.19 bits per heavy atom. The van der Waals surface area contributed by atoms with Gasteiger partial charge < -0.3 is 15.2 Å². The van der Waals surface area contributed by atoms with E-state index in [-0.39, 0.29) is 0 Å². The number of aryl methyl sites for hydroxylation is 1. The summed E-state index contributed by atoms with van der Waals surface area (Å²) >= 11 is 7.80. The number of halogens is 1. The number of hydrogen-bond donors (Lipinski definition) is 2. The van der Waals surface area contributed by atoms with Crippen molar-refractivity contribution < 1.29 is 4.52 Å². The molecular formula is C18H20ClN5OS. The van der Waals surface area contributed by atoms with Gasteiger partial charge in [-0.05, 0) is 30.7 Å². The van der Waals surface area contributed by atoms with Crippen LogP contribution >= 0.6 is 22.9 Å². The van der Waals surface area contributed by atoms with Crippen LogP contribution in [0.2, 0.25) is 5.02 Å². The molecule has 6 nitrogen and oxygen atoms in total. The SMILES string of the molecule is CCc1ccc(CNC(=NC)NCc2nc(-c3cccc(Cl)c3)no2)s1. The number of thiophene rings is 1. The van der Waals surface area contributed by atoms with Crippen molar-refractivity contribution in [1.29, 1.82) is 0 Å². The Hall–Kier alpha value is -2.38. The van der Waals surface area contributed by atoms with E-state index in [9.17, 15) is 0 Å². The fourth-order valence-corrected chi connectivity index (χ4v) is 3.42. The summed E-state index contributed by atoms with van der Waals surface area (Å²) in [4.78, 5) is 11.2. The first-order valence-corrected chi connectivity index (χ1v) is 9.48. The lowest BCUT2D eigenvalue weighted by molar-refractivity contribution is 0.375. The predicted molar refractivity (Wildman–Crippen MR) is 105 cm³/mol. The van der Waals surface area contributed by atoms with E-state index >= 15 is 0 Å². The number of rotatable bonds is 6. The van der Waals surface area contributed by atoms with Gasteiger partial charge in [0.15, 0.2) is 5.96 Å². The van der Waals surface area contributed by atoms with Crippen LogP contribution in [0.4, 0.5) is 0 Å². The van der Waals surface area contributed by atoms with Crippen molar-refractivity contribution in [1.82, 2.24) is 20.8 Å². The van der Waals surface area contributed by atoms with Gasteiger partial charge >= 0.3 is 0 Å². The molecule has 0 unspecified atom stereocenters. The van der Waals surface area contributed by atoms with Crippen LogP contribution in [0.5, 0.6) is 0 Å². The van der Waals surface area contributed by atoms with Crippen molar-refractivity contribution in [3.05, 3.63) is 57.1 Å². The van der Waals surface area contributed by atoms with Gasteiger partial charge in [0.25, 0.3) is 0 Å². The Morgan fingerprint density at radius 3 is 2.73 bits per heavy atom. The summed E-state index contributed by atoms with van der Waals surface area (Å²) in [5.41, 5.74) is 0.819. The summed E-state index contributed by atoms with van der Waals surface area (Å²) in [6, 6.07) is 11.6. The van der Waals surface area contributed by atoms with Gasteiger partial charge in [0.1, 0.15) is 0 Å². The molecule has 0 amide bonds. The van der Waals surface area contributed by atoms with Crippen LogP contribution in [0.15, 0.2) is 45.9 Å². The van der Waals surface area contributed by atoms with Crippen molar-refractivity contribution in [2.45, 2.75) is 26.4 Å². The van der Waals surface area contributed by atoms with Gasteiger partial charge in [-0.2, -0.15) is 4.98 Å². The largest absolute Gasteiger partial charge is 0.352 e. The molecule has 0 aliphatic carbocycles. The molecule has 2 aromatic heterocycles. The van der Waals surface area contributed by atoms with Gasteiger partial charge in [-0.1, -0.05) is 35.8 Å². The van der Waals surface area contributed by atoms with Gasteiger partial charge in [-0.3, -0.25) is 4.99 Å². The van der Waals surface area contributed by atoms with Gasteiger partial charge in [-0.15, -0.1) is 11.3 Å². The van der Waals surface area contributed by atoms with E-state index < -0.39 is 0 Å². The highest BCUT2D eigenvalue weighted by atomic mass is 35.5. The van der Waals surface area contributed by atoms with E-state index in [1.165, 1.54) is 9.75 Å². The quantitative estimate of drug-likeness (QED) is 0.494. The second-order valence-electron chi connectivity index (χ2n) is 5.52. The summed E-state index contributed by atoms with van der Waals surface area (Å²) in [5, 5.41) is 11.1. The summed E-state index contributed by atoms with van der Waals surface area (Å²) in [5.74, 6) is 1.67. The van der Waals surface area contributed by atoms with Crippen molar-refractivity contribution in [2.75, 3.05) is 7.05 Å². The third kappa shape index (κ3) is 4.83. The molecule has 0 saturated carbocycles. The number of aliphatic imine (C=N–C) groups is 1. The molecule has 0 bridgehead atoms. The zero-order chi connectivity index (χ0) is 18.4. The van der Waals surface area contributed by atoms with Crippen molar-refractivity contribution in [2.24, 2.45) is 4.99 Å². The van der Waals surface area contributed by atoms with E-state index in [2.05, 4.69) is 44.8 Å². The Kier molecular flexibility index (Phi) is 6.25. The highest BCUT2D eigenvalue weighted by molar-refractivity contribution is 7.11. The third-order valence-corrected chi connectivity index (χ3v) is 5.14. The molecule has 1 aromatic carbocycles. The van der Waals surface area contributed by atoms with Gasteiger partial charge in [-0.25, -0.2) is 0 Å². The first kappa shape index (κ1) is 18.4. The lowest BCUT2D eigenvalue weighted by Crippen LogP contribution is -2.36. The third-order valence-electron chi connectivity index (χ3n) is 3.68. The van der Waals surface area contributed by atoms with Crippen LogP contribution in [0.25, 0.3) is 11.4 Å². The minimum atomic E-state index is 0.387. The van der Waals surface area contributed by atoms with Crippen molar-refractivity contribution in [3.63, 3.8) is 0 Å². The maximum absolute atomic E-state index is 6.00. The lowest BCUT2D eigenvalue weighted by atomic mass is 10.2. The van der Waals surface area contributed by atoms with Crippen LogP contribution in [-0.2, 0) is 19.5 Å². The molecule has 0 aliphatic rings. The van der Waals surface area contributed by atoms with Crippen LogP contribution < -0.4 is 10.6 Å². The average Bonchev–Trinajstić information content (AvgIpc) is 3.31. The van der Waals surface area contributed by atoms with E-state index in [4.69, 9.17) is 16.1 Å². The highest BCUT2D eigenvalue weighted by Crippen LogP contribution is 2.20. The van der Waals surface area contributed by atoms with E-state index in [0.29, 0.717) is 29.2 Å². The van der Waals surface area contributed by atoms with E-state index in [1.807, 2.05) is 12.1 Å². The van der Waals surface area contributed by atoms with Crippen LogP contribution in [-0.4, -0.2) is 23.1 Å². The molecule has 26 heavy (non-hydrogen) atoms. The number of guanidine groups is 1. The van der Waals surface area contributed by atoms with Crippen LogP contribution in [0.1, 0.15) is 22.6 Å². The Labute approximate surface area is 161 Å². The number of aromatic nitrogens is 2. The molecule has 0 radical (unpaired) electrons. The molecule has 0 atom stereocenters. The first-order valence-electron chi connectivity index (χ1n) is 8.28. The van der Waals surface area contributed by atoms with Crippen molar-refractivity contribution in [3.8, 4) is 11.4 Å². The molecular weight excluding hydrogens is 370 g/mol. The molecule has 0 fully saturated rings. The molecule has 0 aliphatic heterocycles. The van der Waals surface area contributed by atoms with Crippen molar-refractivity contribution >= 4 is 28.9 Å². The fourth-order valence-electron chi connectivity index (χ4n) is 2.33. The Morgan fingerprint density at radius 2 is 2.00 bits per heavy atom.